The molecule has 0 aliphatic carbocycles. The largest absolute Gasteiger partial charge is 0.466 e. The Hall–Kier alpha value is -1.90. The number of rotatable bonds is 4. The number of carbonyl (C=O) groups is 2. The van der Waals surface area contributed by atoms with Gasteiger partial charge < -0.3 is 15.0 Å². The van der Waals surface area contributed by atoms with Crippen LogP contribution >= 0.6 is 11.8 Å². The van der Waals surface area contributed by atoms with Crippen molar-refractivity contribution < 1.29 is 27.5 Å². The molecular formula is C16H19F3N2O3S. The summed E-state index contributed by atoms with van der Waals surface area (Å²) in [5.41, 5.74) is -3.92. The van der Waals surface area contributed by atoms with Crippen molar-refractivity contribution in [2.75, 3.05) is 25.0 Å². The van der Waals surface area contributed by atoms with Crippen molar-refractivity contribution in [2.24, 2.45) is 5.92 Å². The Morgan fingerprint density at radius 3 is 2.36 bits per heavy atom. The van der Waals surface area contributed by atoms with Crippen molar-refractivity contribution >= 4 is 29.4 Å². The van der Waals surface area contributed by atoms with Gasteiger partial charge in [-0.3, -0.25) is 4.79 Å². The van der Waals surface area contributed by atoms with Crippen LogP contribution in [0.4, 0.5) is 23.7 Å². The molecule has 1 aliphatic rings. The fraction of sp³-hybridized carbons (Fsp3) is 0.500. The summed E-state index contributed by atoms with van der Waals surface area (Å²) in [6.45, 7) is 2.94. The molecule has 2 rings (SSSR count). The highest BCUT2D eigenvalue weighted by molar-refractivity contribution is 8.00. The fourth-order valence-corrected chi connectivity index (χ4v) is 3.06. The van der Waals surface area contributed by atoms with Gasteiger partial charge in [-0.1, -0.05) is 0 Å². The molecule has 25 heavy (non-hydrogen) atoms. The van der Waals surface area contributed by atoms with Crippen LogP contribution in [0.5, 0.6) is 0 Å². The summed E-state index contributed by atoms with van der Waals surface area (Å²) in [6.07, 6.45) is 1.07. The van der Waals surface area contributed by atoms with Gasteiger partial charge in [0.15, 0.2) is 0 Å². The molecule has 1 N–H and O–H groups in total. The van der Waals surface area contributed by atoms with Crippen molar-refractivity contribution in [1.29, 1.82) is 0 Å². The monoisotopic (exact) mass is 376 g/mol. The van der Waals surface area contributed by atoms with Gasteiger partial charge >= 0.3 is 17.5 Å². The summed E-state index contributed by atoms with van der Waals surface area (Å²) < 4.78 is 41.8. The molecule has 0 radical (unpaired) electrons. The third-order valence-electron chi connectivity index (χ3n) is 3.74. The van der Waals surface area contributed by atoms with Crippen molar-refractivity contribution in [3.8, 4) is 0 Å². The molecule has 1 aliphatic heterocycles. The van der Waals surface area contributed by atoms with Crippen LogP contribution in [0.1, 0.15) is 19.8 Å². The lowest BCUT2D eigenvalue weighted by molar-refractivity contribution is -0.149. The predicted octanol–water partition coefficient (Wildman–Crippen LogP) is 4.11. The molecule has 138 valence electrons. The summed E-state index contributed by atoms with van der Waals surface area (Å²) in [6, 6.07) is 5.13. The second-order valence-electron chi connectivity index (χ2n) is 5.52. The molecule has 0 saturated carbocycles. The van der Waals surface area contributed by atoms with E-state index < -0.39 is 5.51 Å². The maximum atomic E-state index is 12.3. The Labute approximate surface area is 147 Å². The van der Waals surface area contributed by atoms with Gasteiger partial charge in [0.05, 0.1) is 12.5 Å². The van der Waals surface area contributed by atoms with E-state index in [0.717, 1.165) is 0 Å². The van der Waals surface area contributed by atoms with Gasteiger partial charge in [0.2, 0.25) is 0 Å². The lowest BCUT2D eigenvalue weighted by atomic mass is 9.97. The lowest BCUT2D eigenvalue weighted by Gasteiger charge is -2.30. The number of alkyl halides is 3. The highest BCUT2D eigenvalue weighted by atomic mass is 32.2. The number of thioether (sulfide) groups is 1. The van der Waals surface area contributed by atoms with E-state index in [1.165, 1.54) is 24.3 Å². The number of ether oxygens (including phenoxy) is 1. The number of esters is 1. The smallest absolute Gasteiger partial charge is 0.446 e. The van der Waals surface area contributed by atoms with Gasteiger partial charge in [-0.05, 0) is 55.8 Å². The van der Waals surface area contributed by atoms with E-state index in [1.807, 2.05) is 0 Å². The van der Waals surface area contributed by atoms with Gasteiger partial charge in [-0.2, -0.15) is 13.2 Å². The second kappa shape index (κ2) is 8.46. The molecule has 0 bridgehead atoms. The summed E-state index contributed by atoms with van der Waals surface area (Å²) in [5, 5.41) is 2.65. The number of urea groups is 1. The van der Waals surface area contributed by atoms with Gasteiger partial charge in [0.25, 0.3) is 0 Å². The average Bonchev–Trinajstić information content (AvgIpc) is 2.55. The maximum Gasteiger partial charge on any atom is 0.446 e. The molecule has 5 nitrogen and oxygen atoms in total. The number of likely N-dealkylation sites (tertiary alicyclic amines) is 1. The molecule has 1 fully saturated rings. The zero-order valence-corrected chi connectivity index (χ0v) is 14.5. The van der Waals surface area contributed by atoms with Gasteiger partial charge in [0, 0.05) is 23.7 Å². The Morgan fingerprint density at radius 2 is 1.84 bits per heavy atom. The quantitative estimate of drug-likeness (QED) is 0.635. The standard InChI is InChI=1S/C16H19F3N2O3S/c1-2-24-14(22)11-7-9-21(10-8-11)15(23)20-12-3-5-13(6-4-12)25-16(17,18)19/h3-6,11H,2,7-10H2,1H3,(H,20,23). The van der Waals surface area contributed by atoms with Gasteiger partial charge in [0.1, 0.15) is 0 Å². The average molecular weight is 376 g/mol. The van der Waals surface area contributed by atoms with E-state index in [9.17, 15) is 22.8 Å². The Morgan fingerprint density at radius 1 is 1.24 bits per heavy atom. The summed E-state index contributed by atoms with van der Waals surface area (Å²) in [5.74, 6) is -0.428. The first kappa shape index (κ1) is 19.4. The number of nitrogens with zero attached hydrogens (tertiary/aromatic N) is 1. The zero-order valence-electron chi connectivity index (χ0n) is 13.6. The summed E-state index contributed by atoms with van der Waals surface area (Å²) in [4.78, 5) is 25.5. The van der Waals surface area contributed by atoms with Crippen LogP contribution in [0.3, 0.4) is 0 Å². The number of amides is 2. The van der Waals surface area contributed by atoms with Crippen molar-refractivity contribution in [1.82, 2.24) is 4.90 Å². The molecule has 9 heteroatoms. The molecule has 1 aromatic rings. The molecule has 0 atom stereocenters. The van der Waals surface area contributed by atoms with Crippen LogP contribution in [0.2, 0.25) is 0 Å². The highest BCUT2D eigenvalue weighted by Crippen LogP contribution is 2.37. The zero-order chi connectivity index (χ0) is 18.4. The first-order valence-electron chi connectivity index (χ1n) is 7.87. The first-order valence-corrected chi connectivity index (χ1v) is 8.68. The van der Waals surface area contributed by atoms with Crippen LogP contribution < -0.4 is 5.32 Å². The van der Waals surface area contributed by atoms with E-state index in [0.29, 0.717) is 38.2 Å². The van der Waals surface area contributed by atoms with E-state index >= 15 is 0 Å². The number of benzene rings is 1. The van der Waals surface area contributed by atoms with Crippen LogP contribution in [-0.4, -0.2) is 42.1 Å². The molecule has 0 unspecified atom stereocenters. The number of anilines is 1. The number of hydrogen-bond donors (Lipinski definition) is 1. The van der Waals surface area contributed by atoms with E-state index in [2.05, 4.69) is 5.32 Å². The SMILES string of the molecule is CCOC(=O)C1CCN(C(=O)Nc2ccc(SC(F)(F)F)cc2)CC1. The minimum atomic E-state index is -4.34. The normalized spacial score (nSPS) is 15.8. The van der Waals surface area contributed by atoms with Crippen LogP contribution in [-0.2, 0) is 9.53 Å². The second-order valence-corrected chi connectivity index (χ2v) is 6.65. The number of nitrogens with one attached hydrogen (secondary N) is 1. The molecule has 1 aromatic carbocycles. The Balaban J connectivity index is 1.83. The molecular weight excluding hydrogens is 357 g/mol. The van der Waals surface area contributed by atoms with E-state index in [-0.39, 0.29) is 34.6 Å². The molecule has 0 spiro atoms. The van der Waals surface area contributed by atoms with Crippen molar-refractivity contribution in [3.05, 3.63) is 24.3 Å². The molecule has 1 heterocycles. The predicted molar refractivity (Wildman–Crippen MR) is 88.3 cm³/mol. The van der Waals surface area contributed by atoms with Gasteiger partial charge in [-0.15, -0.1) is 0 Å². The minimum absolute atomic E-state index is 0.0562. The summed E-state index contributed by atoms with van der Waals surface area (Å²) in [7, 11) is 0. The van der Waals surface area contributed by atoms with Crippen molar-refractivity contribution in [2.45, 2.75) is 30.2 Å². The van der Waals surface area contributed by atoms with E-state index in [4.69, 9.17) is 4.74 Å². The van der Waals surface area contributed by atoms with Crippen LogP contribution in [0, 0.1) is 5.92 Å². The third kappa shape index (κ3) is 6.15. The third-order valence-corrected chi connectivity index (χ3v) is 4.48. The Bertz CT molecular complexity index is 600. The number of piperidine rings is 1. The summed E-state index contributed by atoms with van der Waals surface area (Å²) >= 11 is -0.204. The highest BCUT2D eigenvalue weighted by Gasteiger charge is 2.29. The van der Waals surface area contributed by atoms with Crippen LogP contribution in [0.25, 0.3) is 0 Å². The fourth-order valence-electron chi connectivity index (χ4n) is 2.52. The number of hydrogen-bond acceptors (Lipinski definition) is 4. The number of halogens is 3. The lowest BCUT2D eigenvalue weighted by Crippen LogP contribution is -2.42. The minimum Gasteiger partial charge on any atom is -0.466 e. The maximum absolute atomic E-state index is 12.3. The Kier molecular flexibility index (Phi) is 6.57. The van der Waals surface area contributed by atoms with Crippen molar-refractivity contribution in [3.63, 3.8) is 0 Å². The van der Waals surface area contributed by atoms with Gasteiger partial charge in [-0.25, -0.2) is 4.79 Å². The molecule has 1 saturated heterocycles. The number of carbonyl (C=O) groups excluding carboxylic acids is 2. The van der Waals surface area contributed by atoms with E-state index in [1.54, 1.807) is 11.8 Å². The topological polar surface area (TPSA) is 58.6 Å². The molecule has 2 amide bonds. The molecule has 0 aromatic heterocycles. The van der Waals surface area contributed by atoms with Crippen LogP contribution in [0.15, 0.2) is 29.2 Å². The first-order chi connectivity index (χ1) is 11.8.